The second-order valence-corrected chi connectivity index (χ2v) is 14.4. The molecule has 0 atom stereocenters. The maximum atomic E-state index is 6.54. The Hall–Kier alpha value is -7.42. The molecule has 11 rings (SSSR count). The van der Waals surface area contributed by atoms with Crippen LogP contribution < -0.4 is 4.90 Å². The lowest BCUT2D eigenvalue weighted by molar-refractivity contribution is 0.669. The number of rotatable bonds is 6. The predicted octanol–water partition coefficient (Wildman–Crippen LogP) is 15.5. The zero-order chi connectivity index (χ0) is 37.0. The molecule has 262 valence electrons. The Morgan fingerprint density at radius 3 is 1.68 bits per heavy atom. The van der Waals surface area contributed by atoms with Crippen LogP contribution in [0.2, 0.25) is 0 Å². The van der Waals surface area contributed by atoms with Crippen molar-refractivity contribution < 1.29 is 4.42 Å². The molecule has 0 unspecified atom stereocenters. The number of hydrogen-bond acceptors (Lipinski definition) is 2. The molecule has 0 aliphatic carbocycles. The lowest BCUT2D eigenvalue weighted by Crippen LogP contribution is -2.12. The van der Waals surface area contributed by atoms with Crippen LogP contribution in [-0.4, -0.2) is 0 Å². The summed E-state index contributed by atoms with van der Waals surface area (Å²) in [4.78, 5) is 2.43. The van der Waals surface area contributed by atoms with E-state index < -0.39 is 0 Å². The first-order chi connectivity index (χ1) is 27.8. The minimum absolute atomic E-state index is 0.858. The van der Waals surface area contributed by atoms with Crippen molar-refractivity contribution in [3.63, 3.8) is 0 Å². The van der Waals surface area contributed by atoms with Gasteiger partial charge in [-0.3, -0.25) is 0 Å². The maximum absolute atomic E-state index is 6.54. The first kappa shape index (κ1) is 32.0. The normalized spacial score (nSPS) is 11.6. The van der Waals surface area contributed by atoms with Gasteiger partial charge in [0.2, 0.25) is 0 Å². The van der Waals surface area contributed by atoms with Crippen molar-refractivity contribution in [3.8, 4) is 33.4 Å². The molecule has 2 nitrogen and oxygen atoms in total. The molecule has 2 heteroatoms. The average Bonchev–Trinajstić information content (AvgIpc) is 3.64. The van der Waals surface area contributed by atoms with Crippen LogP contribution in [0.4, 0.5) is 17.1 Å². The van der Waals surface area contributed by atoms with Crippen molar-refractivity contribution >= 4 is 71.3 Å². The zero-order valence-corrected chi connectivity index (χ0v) is 30.6. The molecule has 1 aromatic heterocycles. The van der Waals surface area contributed by atoms with Gasteiger partial charge in [-0.1, -0.05) is 176 Å². The molecule has 0 amide bonds. The largest absolute Gasteiger partial charge is 0.456 e. The molecule has 0 fully saturated rings. The number of nitrogens with zero attached hydrogens (tertiary/aromatic N) is 1. The summed E-state index contributed by atoms with van der Waals surface area (Å²) >= 11 is 0. The van der Waals surface area contributed by atoms with Gasteiger partial charge in [0.1, 0.15) is 11.2 Å². The fourth-order valence-electron chi connectivity index (χ4n) is 8.75. The monoisotopic (exact) mass is 713 g/mol. The Labute approximate surface area is 325 Å². The van der Waals surface area contributed by atoms with Crippen LogP contribution in [0, 0.1) is 0 Å². The van der Waals surface area contributed by atoms with Crippen molar-refractivity contribution in [1.29, 1.82) is 0 Å². The minimum atomic E-state index is 0.858. The predicted molar refractivity (Wildman–Crippen MR) is 237 cm³/mol. The van der Waals surface area contributed by atoms with E-state index >= 15 is 0 Å². The molecule has 56 heavy (non-hydrogen) atoms. The van der Waals surface area contributed by atoms with Crippen molar-refractivity contribution in [2.24, 2.45) is 0 Å². The highest BCUT2D eigenvalue weighted by atomic mass is 16.3. The average molecular weight is 714 g/mol. The molecule has 0 N–H and O–H groups in total. The molecule has 0 bridgehead atoms. The summed E-state index contributed by atoms with van der Waals surface area (Å²) in [5, 5.41) is 9.63. The summed E-state index contributed by atoms with van der Waals surface area (Å²) in [5.74, 6) is 0. The molecule has 1 heterocycles. The number of fused-ring (bicyclic) bond motifs is 7. The Balaban J connectivity index is 1.20. The van der Waals surface area contributed by atoms with Crippen LogP contribution in [0.25, 0.3) is 87.6 Å². The van der Waals surface area contributed by atoms with Gasteiger partial charge >= 0.3 is 0 Å². The summed E-state index contributed by atoms with van der Waals surface area (Å²) < 4.78 is 6.54. The third-order valence-electron chi connectivity index (χ3n) is 11.3. The van der Waals surface area contributed by atoms with Gasteiger partial charge in [-0.05, 0) is 84.9 Å². The molecule has 0 radical (unpaired) electrons. The maximum Gasteiger partial charge on any atom is 0.137 e. The van der Waals surface area contributed by atoms with Gasteiger partial charge in [0.05, 0.1) is 11.4 Å². The molecular weight excluding hydrogens is 679 g/mol. The van der Waals surface area contributed by atoms with Crippen molar-refractivity contribution in [2.75, 3.05) is 4.90 Å². The number of anilines is 3. The Morgan fingerprint density at radius 2 is 0.857 bits per heavy atom. The molecular formula is C54H35NO. The van der Waals surface area contributed by atoms with Crippen LogP contribution >= 0.6 is 0 Å². The van der Waals surface area contributed by atoms with Gasteiger partial charge in [-0.25, -0.2) is 0 Å². The Kier molecular flexibility index (Phi) is 7.53. The van der Waals surface area contributed by atoms with E-state index in [1.165, 1.54) is 54.6 Å². The summed E-state index contributed by atoms with van der Waals surface area (Å²) in [6, 6.07) is 76.6. The highest BCUT2D eigenvalue weighted by molar-refractivity contribution is 6.14. The van der Waals surface area contributed by atoms with Crippen molar-refractivity contribution in [2.45, 2.75) is 0 Å². The summed E-state index contributed by atoms with van der Waals surface area (Å²) in [6.07, 6.45) is 0. The first-order valence-corrected chi connectivity index (χ1v) is 19.2. The second kappa shape index (κ2) is 13.2. The van der Waals surface area contributed by atoms with Gasteiger partial charge in [-0.15, -0.1) is 0 Å². The SMILES string of the molecule is c1ccc(-c2cccc3cccc(-c4ccccc4N(c4ccc5c(c4)oc4ccccc45)c4ccccc4-c4cccc5c4ccc4ccccc45)c23)cc1. The van der Waals surface area contributed by atoms with E-state index in [1.807, 2.05) is 12.1 Å². The molecule has 0 spiro atoms. The molecule has 11 aromatic rings. The van der Waals surface area contributed by atoms with E-state index in [4.69, 9.17) is 4.42 Å². The van der Waals surface area contributed by atoms with E-state index in [0.717, 1.165) is 50.1 Å². The lowest BCUT2D eigenvalue weighted by Gasteiger charge is -2.30. The minimum Gasteiger partial charge on any atom is -0.456 e. The van der Waals surface area contributed by atoms with Crippen LogP contribution in [-0.2, 0) is 0 Å². The van der Waals surface area contributed by atoms with E-state index in [1.54, 1.807) is 0 Å². The topological polar surface area (TPSA) is 16.4 Å². The Bertz CT molecular complexity index is 3260. The van der Waals surface area contributed by atoms with Crippen LogP contribution in [0.15, 0.2) is 217 Å². The summed E-state index contributed by atoms with van der Waals surface area (Å²) in [5.41, 5.74) is 12.0. The number of benzene rings is 10. The fourth-order valence-corrected chi connectivity index (χ4v) is 8.75. The standard InChI is InChI=1S/C54H35NO/c1-2-15-36(16-3-1)41-24-12-18-38-19-13-27-49(54(38)41)46-22-7-10-29-51(46)55(39-32-34-48-47-23-8-11-30-52(47)56-53(48)35-39)50-28-9-6-21-45(50)43-26-14-25-42-40-20-5-4-17-37(40)31-33-44(42)43/h1-35H. The highest BCUT2D eigenvalue weighted by Crippen LogP contribution is 2.48. The Morgan fingerprint density at radius 1 is 0.304 bits per heavy atom. The molecule has 0 aliphatic rings. The molecule has 10 aromatic carbocycles. The second-order valence-electron chi connectivity index (χ2n) is 14.4. The van der Waals surface area contributed by atoms with Crippen molar-refractivity contribution in [3.05, 3.63) is 212 Å². The quantitative estimate of drug-likeness (QED) is 0.160. The van der Waals surface area contributed by atoms with Crippen molar-refractivity contribution in [1.82, 2.24) is 0 Å². The van der Waals surface area contributed by atoms with E-state index in [9.17, 15) is 0 Å². The van der Waals surface area contributed by atoms with Crippen LogP contribution in [0.3, 0.4) is 0 Å². The highest BCUT2D eigenvalue weighted by Gasteiger charge is 2.23. The smallest absolute Gasteiger partial charge is 0.137 e. The van der Waals surface area contributed by atoms with Gasteiger partial charge in [-0.2, -0.15) is 0 Å². The van der Waals surface area contributed by atoms with E-state index in [-0.39, 0.29) is 0 Å². The zero-order valence-electron chi connectivity index (χ0n) is 30.6. The summed E-state index contributed by atoms with van der Waals surface area (Å²) in [7, 11) is 0. The van der Waals surface area contributed by atoms with Gasteiger partial charge in [0, 0.05) is 33.7 Å². The summed E-state index contributed by atoms with van der Waals surface area (Å²) in [6.45, 7) is 0. The fraction of sp³-hybridized carbons (Fsp3) is 0. The number of hydrogen-bond donors (Lipinski definition) is 0. The van der Waals surface area contributed by atoms with Gasteiger partial charge < -0.3 is 9.32 Å². The number of para-hydroxylation sites is 3. The number of furan rings is 1. The van der Waals surface area contributed by atoms with Gasteiger partial charge in [0.15, 0.2) is 0 Å². The van der Waals surface area contributed by atoms with Crippen LogP contribution in [0.1, 0.15) is 0 Å². The van der Waals surface area contributed by atoms with E-state index in [2.05, 4.69) is 205 Å². The van der Waals surface area contributed by atoms with Gasteiger partial charge in [0.25, 0.3) is 0 Å². The van der Waals surface area contributed by atoms with E-state index in [0.29, 0.717) is 0 Å². The lowest BCUT2D eigenvalue weighted by atomic mass is 9.90. The third kappa shape index (κ3) is 5.19. The molecule has 0 saturated heterocycles. The van der Waals surface area contributed by atoms with Crippen LogP contribution in [0.5, 0.6) is 0 Å². The molecule has 0 aliphatic heterocycles. The third-order valence-corrected chi connectivity index (χ3v) is 11.3. The molecule has 0 saturated carbocycles. The first-order valence-electron chi connectivity index (χ1n) is 19.2.